The maximum Gasteiger partial charge on any atom is 0.247 e. The molecule has 0 radical (unpaired) electrons. The predicted molar refractivity (Wildman–Crippen MR) is 194 cm³/mol. The van der Waals surface area contributed by atoms with Crippen LogP contribution in [0.25, 0.3) is 0 Å². The Labute approximate surface area is 270 Å². The summed E-state index contributed by atoms with van der Waals surface area (Å²) in [4.78, 5) is 2.55. The first-order valence-corrected chi connectivity index (χ1v) is 16.3. The smallest absolute Gasteiger partial charge is 0.247 e. The van der Waals surface area contributed by atoms with Crippen LogP contribution < -0.4 is 21.3 Å². The van der Waals surface area contributed by atoms with Crippen molar-refractivity contribution in [1.82, 2.24) is 0 Å². The molecule has 0 N–H and O–H groups in total. The molecule has 1 aliphatic heterocycles. The molecule has 1 heterocycles. The molecule has 0 spiro atoms. The van der Waals surface area contributed by atoms with Crippen molar-refractivity contribution < 1.29 is 0 Å². The van der Waals surface area contributed by atoms with E-state index in [0.29, 0.717) is 0 Å². The minimum Gasteiger partial charge on any atom is -0.342 e. The Morgan fingerprint density at radius 3 is 1.51 bits per heavy atom. The van der Waals surface area contributed by atoms with Gasteiger partial charge in [0.15, 0.2) is 0 Å². The highest BCUT2D eigenvalue weighted by Crippen LogP contribution is 2.30. The highest BCUT2D eigenvalue weighted by atomic mass is 15.1. The lowest BCUT2D eigenvalue weighted by Crippen LogP contribution is -2.59. The zero-order valence-electron chi connectivity index (χ0n) is 27.0. The lowest BCUT2D eigenvalue weighted by Gasteiger charge is -2.38. The number of aryl methyl sites for hydroxylation is 3. The summed E-state index contributed by atoms with van der Waals surface area (Å²) in [5.41, 5.74) is 14.7. The van der Waals surface area contributed by atoms with Crippen LogP contribution in [-0.2, 0) is 0 Å². The fourth-order valence-electron chi connectivity index (χ4n) is 6.74. The third kappa shape index (κ3) is 6.77. The Morgan fingerprint density at radius 1 is 0.533 bits per heavy atom. The minimum absolute atomic E-state index is 0.0828. The van der Waals surface area contributed by atoms with E-state index in [0.717, 1.165) is 35.2 Å². The van der Waals surface area contributed by atoms with Gasteiger partial charge in [-0.05, 0) is 98.8 Å². The second kappa shape index (κ2) is 13.8. The second-order valence-electron chi connectivity index (χ2n) is 12.2. The molecular weight excluding hydrogens is 541 g/mol. The molecule has 0 bridgehead atoms. The minimum atomic E-state index is 0.0828. The van der Waals surface area contributed by atoms with Crippen molar-refractivity contribution in [1.29, 1.82) is 0 Å². The Morgan fingerprint density at radius 2 is 1.02 bits per heavy atom. The molecule has 6 rings (SSSR count). The van der Waals surface area contributed by atoms with E-state index in [1.54, 1.807) is 0 Å². The molecule has 0 aliphatic carbocycles. The van der Waals surface area contributed by atoms with Crippen molar-refractivity contribution in [2.75, 3.05) is 11.4 Å². The van der Waals surface area contributed by atoms with Crippen LogP contribution in [0.3, 0.4) is 0 Å². The molecule has 45 heavy (non-hydrogen) atoms. The molecule has 1 nitrogen and oxygen atoms in total. The topological polar surface area (TPSA) is 3.24 Å². The van der Waals surface area contributed by atoms with Crippen molar-refractivity contribution in [2.24, 2.45) is 0 Å². The quantitative estimate of drug-likeness (QED) is 0.112. The number of hydrogen-bond acceptors (Lipinski definition) is 1. The van der Waals surface area contributed by atoms with Crippen molar-refractivity contribution in [3.63, 3.8) is 0 Å². The summed E-state index contributed by atoms with van der Waals surface area (Å²) >= 11 is 0. The molecule has 0 aromatic heterocycles. The molecule has 0 fully saturated rings. The van der Waals surface area contributed by atoms with E-state index >= 15 is 0 Å². The van der Waals surface area contributed by atoms with Crippen LogP contribution in [-0.4, -0.2) is 13.3 Å². The molecule has 5 aromatic rings. The highest BCUT2D eigenvalue weighted by Gasteiger charge is 2.36. The molecule has 0 unspecified atom stereocenters. The molecule has 0 saturated carbocycles. The highest BCUT2D eigenvalue weighted by molar-refractivity contribution is 6.98. The number of benzene rings is 5. The summed E-state index contributed by atoms with van der Waals surface area (Å²) in [6.07, 6.45) is 4.89. The summed E-state index contributed by atoms with van der Waals surface area (Å²) in [6, 6.07) is 38.9. The Kier molecular flexibility index (Phi) is 9.24. The molecule has 0 amide bonds. The van der Waals surface area contributed by atoms with Gasteiger partial charge in [-0.25, -0.2) is 0 Å². The number of hydrogen-bond donors (Lipinski definition) is 0. The lowest BCUT2D eigenvalue weighted by atomic mass is 9.33. The van der Waals surface area contributed by atoms with Crippen molar-refractivity contribution >= 4 is 34.5 Å². The maximum atomic E-state index is 3.48. The zero-order valence-corrected chi connectivity index (χ0v) is 27.0. The fourth-order valence-corrected chi connectivity index (χ4v) is 6.74. The molecular formula is C43H40BN. The van der Waals surface area contributed by atoms with Crippen LogP contribution in [0.4, 0.5) is 11.4 Å². The predicted octanol–water partition coefficient (Wildman–Crippen LogP) is 7.96. The zero-order chi connectivity index (χ0) is 31.2. The third-order valence-electron chi connectivity index (χ3n) is 8.77. The number of rotatable bonds is 6. The fraction of sp³-hybridized carbons (Fsp3) is 0.209. The molecule has 2 heteroatoms. The van der Waals surface area contributed by atoms with E-state index in [1.165, 1.54) is 63.7 Å². The lowest BCUT2D eigenvalue weighted by molar-refractivity contribution is 0.668. The number of nitrogens with zero attached hydrogens (tertiary/aromatic N) is 1. The van der Waals surface area contributed by atoms with Gasteiger partial charge in [-0.2, -0.15) is 0 Å². The Balaban J connectivity index is 1.54. The number of anilines is 2. The van der Waals surface area contributed by atoms with E-state index in [1.807, 2.05) is 36.4 Å². The average Bonchev–Trinajstić information content (AvgIpc) is 3.05. The molecule has 220 valence electrons. The van der Waals surface area contributed by atoms with Gasteiger partial charge in [0, 0.05) is 40.2 Å². The summed E-state index contributed by atoms with van der Waals surface area (Å²) in [5.74, 6) is 13.7. The largest absolute Gasteiger partial charge is 0.342 e. The van der Waals surface area contributed by atoms with E-state index in [9.17, 15) is 0 Å². The van der Waals surface area contributed by atoms with Crippen LogP contribution in [0.15, 0.2) is 109 Å². The van der Waals surface area contributed by atoms with Gasteiger partial charge in [0.1, 0.15) is 0 Å². The van der Waals surface area contributed by atoms with Crippen molar-refractivity contribution in [3.8, 4) is 23.7 Å². The first-order chi connectivity index (χ1) is 22.0. The first-order valence-electron chi connectivity index (χ1n) is 16.3. The van der Waals surface area contributed by atoms with Crippen LogP contribution in [0.1, 0.15) is 71.6 Å². The van der Waals surface area contributed by atoms with Gasteiger partial charge < -0.3 is 4.90 Å². The second-order valence-corrected chi connectivity index (χ2v) is 12.2. The Bertz CT molecular complexity index is 1800. The summed E-state index contributed by atoms with van der Waals surface area (Å²) in [5, 5.41) is 0. The molecule has 0 atom stereocenters. The number of unbranched alkanes of at least 4 members (excludes halogenated alkanes) is 3. The average molecular weight is 582 g/mol. The van der Waals surface area contributed by atoms with Crippen molar-refractivity contribution in [3.05, 3.63) is 148 Å². The first kappa shape index (κ1) is 30.1. The van der Waals surface area contributed by atoms with Gasteiger partial charge in [0.2, 0.25) is 6.71 Å². The van der Waals surface area contributed by atoms with Crippen LogP contribution in [0.2, 0.25) is 0 Å². The van der Waals surface area contributed by atoms with Crippen LogP contribution in [0, 0.1) is 44.5 Å². The summed E-state index contributed by atoms with van der Waals surface area (Å²) < 4.78 is 0. The third-order valence-corrected chi connectivity index (χ3v) is 8.77. The van der Waals surface area contributed by atoms with Gasteiger partial charge in [0.05, 0.1) is 0 Å². The van der Waals surface area contributed by atoms with E-state index in [4.69, 9.17) is 0 Å². The van der Waals surface area contributed by atoms with Crippen LogP contribution in [0.5, 0.6) is 0 Å². The standard InChI is InChI=1S/C43H40BN/c1-5-6-7-14-27-45-41-25-23-37(21-19-35-15-10-8-11-16-35)30-39(41)44(43-33(3)28-32(2)29-34(43)4)40-31-38(24-26-42(40)45)22-20-36-17-12-9-13-18-36/h8-13,15-18,23-26,28-31H,5-7,14,27H2,1-4H3. The number of fused-ring (bicyclic) bond motifs is 2. The Hall–Kier alpha value is -4.92. The molecule has 0 saturated heterocycles. The van der Waals surface area contributed by atoms with E-state index < -0.39 is 0 Å². The summed E-state index contributed by atoms with van der Waals surface area (Å²) in [7, 11) is 0. The van der Waals surface area contributed by atoms with Gasteiger partial charge >= 0.3 is 0 Å². The van der Waals surface area contributed by atoms with Crippen LogP contribution >= 0.6 is 0 Å². The van der Waals surface area contributed by atoms with E-state index in [2.05, 4.69) is 129 Å². The van der Waals surface area contributed by atoms with Gasteiger partial charge in [-0.15, -0.1) is 0 Å². The van der Waals surface area contributed by atoms with Gasteiger partial charge in [-0.1, -0.05) is 121 Å². The van der Waals surface area contributed by atoms with Gasteiger partial charge in [-0.3, -0.25) is 0 Å². The molecule has 5 aromatic carbocycles. The normalized spacial score (nSPS) is 11.6. The van der Waals surface area contributed by atoms with Gasteiger partial charge in [0.25, 0.3) is 0 Å². The van der Waals surface area contributed by atoms with E-state index in [-0.39, 0.29) is 6.71 Å². The van der Waals surface area contributed by atoms with Crippen molar-refractivity contribution in [2.45, 2.75) is 53.4 Å². The SMILES string of the molecule is CCCCCCN1c2ccc(C#Cc3ccccc3)cc2B(c2c(C)cc(C)cc2C)c2cc(C#Cc3ccccc3)ccc21. The molecule has 1 aliphatic rings. The maximum absolute atomic E-state index is 3.48. The summed E-state index contributed by atoms with van der Waals surface area (Å²) in [6.45, 7) is 10.1. The monoisotopic (exact) mass is 581 g/mol.